The number of hydrogen-bond acceptors (Lipinski definition) is 0. The third kappa shape index (κ3) is 1.85. The van der Waals surface area contributed by atoms with E-state index in [1.807, 2.05) is 18.2 Å². The molecule has 0 amide bonds. The van der Waals surface area contributed by atoms with Gasteiger partial charge in [-0.2, -0.15) is 0 Å². The molecule has 1 heteroatoms. The molecule has 1 aliphatic rings. The lowest BCUT2D eigenvalue weighted by Gasteiger charge is -2.13. The molecular formula is C13H14Cl. The van der Waals surface area contributed by atoms with Crippen LogP contribution in [0, 0.1) is 6.92 Å². The van der Waals surface area contributed by atoms with Crippen LogP contribution in [-0.2, 0) is 0 Å². The highest BCUT2D eigenvalue weighted by Gasteiger charge is 2.26. The van der Waals surface area contributed by atoms with E-state index in [0.29, 0.717) is 0 Å². The Labute approximate surface area is 90.6 Å². The molecule has 1 unspecified atom stereocenters. The maximum atomic E-state index is 5.98. The van der Waals surface area contributed by atoms with E-state index >= 15 is 0 Å². The van der Waals surface area contributed by atoms with Crippen LogP contribution in [0.2, 0.25) is 5.02 Å². The van der Waals surface area contributed by atoms with Gasteiger partial charge in [-0.15, -0.1) is 6.58 Å². The van der Waals surface area contributed by atoms with E-state index in [0.717, 1.165) is 10.9 Å². The molecule has 0 spiro atoms. The molecule has 0 N–H and O–H groups in total. The van der Waals surface area contributed by atoms with Gasteiger partial charge in [-0.05, 0) is 48.9 Å². The number of halogens is 1. The summed E-state index contributed by atoms with van der Waals surface area (Å²) < 4.78 is 0. The number of benzene rings is 1. The van der Waals surface area contributed by atoms with Gasteiger partial charge >= 0.3 is 0 Å². The minimum absolute atomic E-state index is 0.157. The molecule has 0 bridgehead atoms. The molecule has 1 atom stereocenters. The van der Waals surface area contributed by atoms with Gasteiger partial charge in [0, 0.05) is 10.9 Å². The molecule has 0 aromatic heterocycles. The number of allylic oxidation sites excluding steroid dienone is 1. The molecule has 0 heterocycles. The molecule has 1 aliphatic carbocycles. The van der Waals surface area contributed by atoms with Crippen molar-refractivity contribution in [1.82, 2.24) is 0 Å². The third-order valence-corrected chi connectivity index (χ3v) is 2.99. The Balaban J connectivity index is 2.42. The summed E-state index contributed by atoms with van der Waals surface area (Å²) in [5, 5.41) is 0.792. The molecule has 0 nitrogen and oxygen atoms in total. The molecule has 14 heavy (non-hydrogen) atoms. The third-order valence-electron chi connectivity index (χ3n) is 2.75. The molecule has 1 radical (unpaired) electrons. The van der Waals surface area contributed by atoms with Crippen molar-refractivity contribution in [3.05, 3.63) is 53.9 Å². The monoisotopic (exact) mass is 205 g/mol. The van der Waals surface area contributed by atoms with E-state index in [1.165, 1.54) is 24.0 Å². The first-order valence-electron chi connectivity index (χ1n) is 4.97. The highest BCUT2D eigenvalue weighted by molar-refractivity contribution is 6.30. The van der Waals surface area contributed by atoms with E-state index in [1.54, 1.807) is 0 Å². The summed E-state index contributed by atoms with van der Waals surface area (Å²) in [6, 6.07) is 6.13. The molecule has 1 fully saturated rings. The molecule has 0 aliphatic heterocycles. The van der Waals surface area contributed by atoms with Gasteiger partial charge in [0.05, 0.1) is 0 Å². The van der Waals surface area contributed by atoms with Crippen LogP contribution in [0.25, 0.3) is 0 Å². The Morgan fingerprint density at radius 2 is 2.14 bits per heavy atom. The fourth-order valence-corrected chi connectivity index (χ4v) is 1.94. The van der Waals surface area contributed by atoms with Crippen molar-refractivity contribution in [2.75, 3.05) is 0 Å². The van der Waals surface area contributed by atoms with Gasteiger partial charge in [-0.1, -0.05) is 23.7 Å². The van der Waals surface area contributed by atoms with E-state index in [2.05, 4.69) is 19.6 Å². The molecule has 1 aromatic carbocycles. The first-order chi connectivity index (χ1) is 6.72. The van der Waals surface area contributed by atoms with E-state index in [9.17, 15) is 0 Å². The van der Waals surface area contributed by atoms with Crippen molar-refractivity contribution in [2.24, 2.45) is 0 Å². The maximum Gasteiger partial charge on any atom is 0.0409 e. The second-order valence-corrected chi connectivity index (χ2v) is 4.33. The lowest BCUT2D eigenvalue weighted by Crippen LogP contribution is -1.95. The SMILES string of the molecule is [CH2]C(C=C)c1cc(Cl)ccc1C1CC1. The summed E-state index contributed by atoms with van der Waals surface area (Å²) in [6.45, 7) is 7.84. The maximum absolute atomic E-state index is 5.98. The van der Waals surface area contributed by atoms with Crippen LogP contribution in [0.15, 0.2) is 30.9 Å². The first-order valence-corrected chi connectivity index (χ1v) is 5.35. The molecule has 1 aromatic rings. The van der Waals surface area contributed by atoms with Crippen LogP contribution >= 0.6 is 11.6 Å². The smallest absolute Gasteiger partial charge is 0.0409 e. The van der Waals surface area contributed by atoms with Crippen LogP contribution in [0.3, 0.4) is 0 Å². The van der Waals surface area contributed by atoms with Crippen LogP contribution in [0.1, 0.15) is 35.8 Å². The Bertz CT molecular complexity index is 350. The summed E-state index contributed by atoms with van der Waals surface area (Å²) in [5.74, 6) is 0.899. The molecule has 1 saturated carbocycles. The average molecular weight is 206 g/mol. The predicted molar refractivity (Wildman–Crippen MR) is 61.7 cm³/mol. The molecular weight excluding hydrogens is 192 g/mol. The minimum Gasteiger partial charge on any atom is -0.102 e. The zero-order valence-corrected chi connectivity index (χ0v) is 8.93. The lowest BCUT2D eigenvalue weighted by molar-refractivity contribution is 0.999. The van der Waals surface area contributed by atoms with Gasteiger partial charge in [0.1, 0.15) is 0 Å². The summed E-state index contributed by atoms with van der Waals surface area (Å²) in [4.78, 5) is 0. The Morgan fingerprint density at radius 1 is 1.43 bits per heavy atom. The fraction of sp³-hybridized carbons (Fsp3) is 0.308. The Hall–Kier alpha value is -0.750. The highest BCUT2D eigenvalue weighted by atomic mass is 35.5. The second-order valence-electron chi connectivity index (χ2n) is 3.89. The van der Waals surface area contributed by atoms with Gasteiger partial charge in [-0.3, -0.25) is 0 Å². The lowest BCUT2D eigenvalue weighted by atomic mass is 9.93. The van der Waals surface area contributed by atoms with Crippen molar-refractivity contribution in [3.8, 4) is 0 Å². The fourth-order valence-electron chi connectivity index (χ4n) is 1.76. The van der Waals surface area contributed by atoms with E-state index in [-0.39, 0.29) is 5.92 Å². The largest absolute Gasteiger partial charge is 0.102 e. The van der Waals surface area contributed by atoms with E-state index < -0.39 is 0 Å². The number of rotatable bonds is 3. The summed E-state index contributed by atoms with van der Waals surface area (Å²) in [7, 11) is 0. The van der Waals surface area contributed by atoms with Gasteiger partial charge in [0.25, 0.3) is 0 Å². The molecule has 73 valence electrons. The van der Waals surface area contributed by atoms with Crippen molar-refractivity contribution in [3.63, 3.8) is 0 Å². The van der Waals surface area contributed by atoms with Crippen molar-refractivity contribution < 1.29 is 0 Å². The standard InChI is InChI=1S/C13H14Cl/c1-3-9(2)13-8-11(14)6-7-12(13)10-4-5-10/h3,6-10H,1-2,4-5H2. The minimum atomic E-state index is 0.157. The zero-order chi connectivity index (χ0) is 10.1. The van der Waals surface area contributed by atoms with Crippen molar-refractivity contribution >= 4 is 11.6 Å². The van der Waals surface area contributed by atoms with Gasteiger partial charge < -0.3 is 0 Å². The van der Waals surface area contributed by atoms with Crippen molar-refractivity contribution in [2.45, 2.75) is 24.7 Å². The predicted octanol–water partition coefficient (Wildman–Crippen LogP) is 4.32. The quantitative estimate of drug-likeness (QED) is 0.645. The molecule has 0 saturated heterocycles. The summed E-state index contributed by atoms with van der Waals surface area (Å²) in [6.07, 6.45) is 4.48. The summed E-state index contributed by atoms with van der Waals surface area (Å²) >= 11 is 5.98. The van der Waals surface area contributed by atoms with Crippen LogP contribution < -0.4 is 0 Å². The van der Waals surface area contributed by atoms with Crippen LogP contribution in [0.4, 0.5) is 0 Å². The topological polar surface area (TPSA) is 0 Å². The van der Waals surface area contributed by atoms with Crippen LogP contribution in [0.5, 0.6) is 0 Å². The average Bonchev–Trinajstić information content (AvgIpc) is 3.00. The van der Waals surface area contributed by atoms with E-state index in [4.69, 9.17) is 11.6 Å². The normalized spacial score (nSPS) is 17.9. The van der Waals surface area contributed by atoms with Crippen LogP contribution in [-0.4, -0.2) is 0 Å². The van der Waals surface area contributed by atoms with Gasteiger partial charge in [0.15, 0.2) is 0 Å². The molecule has 2 rings (SSSR count). The highest BCUT2D eigenvalue weighted by Crippen LogP contribution is 2.43. The van der Waals surface area contributed by atoms with Crippen molar-refractivity contribution in [1.29, 1.82) is 0 Å². The van der Waals surface area contributed by atoms with Gasteiger partial charge in [-0.25, -0.2) is 0 Å². The first kappa shape index (κ1) is 9.79. The zero-order valence-electron chi connectivity index (χ0n) is 8.17. The Morgan fingerprint density at radius 3 is 2.71 bits per heavy atom. The summed E-state index contributed by atoms with van der Waals surface area (Å²) in [5.41, 5.74) is 2.66. The second kappa shape index (κ2) is 3.78. The van der Waals surface area contributed by atoms with Gasteiger partial charge in [0.2, 0.25) is 0 Å². The Kier molecular flexibility index (Phi) is 2.64. The number of hydrogen-bond donors (Lipinski definition) is 0.